The Kier molecular flexibility index (Phi) is 5.08. The standard InChI is InChI=1S/C19H24N6O3/c1-20-18(27)16-10-14-4-2-3-5-15(14)12-24(16)17(26)11-19(6-8-28-9-7-19)25-13-21-22-23-25/h2-5,13,16H,6-12H2,1H3,(H,20,27)/t16-/m0/s1. The third kappa shape index (κ3) is 3.37. The van der Waals surface area contributed by atoms with Gasteiger partial charge in [0.1, 0.15) is 12.4 Å². The van der Waals surface area contributed by atoms with Crippen molar-refractivity contribution < 1.29 is 14.3 Å². The van der Waals surface area contributed by atoms with Crippen LogP contribution in [0.2, 0.25) is 0 Å². The maximum Gasteiger partial charge on any atom is 0.242 e. The molecule has 1 aromatic carbocycles. The van der Waals surface area contributed by atoms with E-state index in [-0.39, 0.29) is 18.2 Å². The number of aromatic nitrogens is 4. The molecule has 1 aromatic heterocycles. The molecule has 2 aromatic rings. The number of likely N-dealkylation sites (N-methyl/N-ethyl adjacent to an activating group) is 1. The zero-order valence-corrected chi connectivity index (χ0v) is 15.9. The summed E-state index contributed by atoms with van der Waals surface area (Å²) in [6.07, 6.45) is 3.61. The zero-order valence-electron chi connectivity index (χ0n) is 15.9. The van der Waals surface area contributed by atoms with Crippen LogP contribution >= 0.6 is 0 Å². The van der Waals surface area contributed by atoms with Gasteiger partial charge in [-0.2, -0.15) is 0 Å². The second-order valence-corrected chi connectivity index (χ2v) is 7.39. The minimum absolute atomic E-state index is 0.0690. The molecule has 0 spiro atoms. The Morgan fingerprint density at radius 1 is 1.25 bits per heavy atom. The van der Waals surface area contributed by atoms with E-state index >= 15 is 0 Å². The van der Waals surface area contributed by atoms with Crippen LogP contribution in [0, 0.1) is 0 Å². The van der Waals surface area contributed by atoms with Gasteiger partial charge < -0.3 is 15.0 Å². The van der Waals surface area contributed by atoms with Crippen LogP contribution in [-0.2, 0) is 32.8 Å². The van der Waals surface area contributed by atoms with Gasteiger partial charge in [0.25, 0.3) is 0 Å². The fraction of sp³-hybridized carbons (Fsp3) is 0.526. The number of nitrogens with one attached hydrogen (secondary N) is 1. The van der Waals surface area contributed by atoms with Crippen LogP contribution in [0.5, 0.6) is 0 Å². The lowest BCUT2D eigenvalue weighted by atomic mass is 9.85. The number of carbonyl (C=O) groups excluding carboxylic acids is 2. The third-order valence-electron chi connectivity index (χ3n) is 5.86. The molecule has 3 heterocycles. The van der Waals surface area contributed by atoms with Crippen LogP contribution < -0.4 is 5.32 Å². The summed E-state index contributed by atoms with van der Waals surface area (Å²) in [7, 11) is 1.60. The van der Waals surface area contributed by atoms with Crippen LogP contribution in [0.4, 0.5) is 0 Å². The van der Waals surface area contributed by atoms with Gasteiger partial charge >= 0.3 is 0 Å². The average Bonchev–Trinajstić information content (AvgIpc) is 3.28. The second kappa shape index (κ2) is 7.67. The molecule has 9 heteroatoms. The van der Waals surface area contributed by atoms with Gasteiger partial charge in [-0.25, -0.2) is 4.68 Å². The fourth-order valence-electron chi connectivity index (χ4n) is 4.19. The SMILES string of the molecule is CNC(=O)[C@@H]1Cc2ccccc2CN1C(=O)CC1(n2cnnn2)CCOCC1. The molecule has 2 aliphatic heterocycles. The third-order valence-corrected chi connectivity index (χ3v) is 5.86. The topological polar surface area (TPSA) is 102 Å². The number of amides is 2. The van der Waals surface area contributed by atoms with E-state index in [4.69, 9.17) is 4.74 Å². The first-order valence-corrected chi connectivity index (χ1v) is 9.52. The average molecular weight is 384 g/mol. The fourth-order valence-corrected chi connectivity index (χ4v) is 4.19. The van der Waals surface area contributed by atoms with E-state index in [1.807, 2.05) is 24.3 Å². The van der Waals surface area contributed by atoms with Gasteiger partial charge in [-0.05, 0) is 34.4 Å². The molecule has 0 unspecified atom stereocenters. The zero-order chi connectivity index (χ0) is 19.6. The Bertz CT molecular complexity index is 847. The maximum absolute atomic E-state index is 13.4. The van der Waals surface area contributed by atoms with E-state index in [1.54, 1.807) is 23.0 Å². The second-order valence-electron chi connectivity index (χ2n) is 7.39. The largest absolute Gasteiger partial charge is 0.381 e. The van der Waals surface area contributed by atoms with E-state index in [0.717, 1.165) is 11.1 Å². The highest BCUT2D eigenvalue weighted by Crippen LogP contribution is 2.34. The Labute approximate surface area is 163 Å². The van der Waals surface area contributed by atoms with Gasteiger partial charge in [0, 0.05) is 33.2 Å². The molecule has 2 amide bonds. The van der Waals surface area contributed by atoms with Crippen LogP contribution in [0.15, 0.2) is 30.6 Å². The Balaban J connectivity index is 1.62. The van der Waals surface area contributed by atoms with Crippen molar-refractivity contribution in [2.24, 2.45) is 0 Å². The quantitative estimate of drug-likeness (QED) is 0.812. The van der Waals surface area contributed by atoms with Gasteiger partial charge in [-0.3, -0.25) is 9.59 Å². The molecule has 0 bridgehead atoms. The lowest BCUT2D eigenvalue weighted by Crippen LogP contribution is -2.54. The molecule has 9 nitrogen and oxygen atoms in total. The molecule has 0 saturated carbocycles. The molecule has 28 heavy (non-hydrogen) atoms. The first-order valence-electron chi connectivity index (χ1n) is 9.52. The van der Waals surface area contributed by atoms with E-state index in [1.165, 1.54) is 0 Å². The molecule has 1 atom stereocenters. The molecule has 1 fully saturated rings. The van der Waals surface area contributed by atoms with Crippen molar-refractivity contribution in [2.45, 2.75) is 43.8 Å². The predicted molar refractivity (Wildman–Crippen MR) is 99.0 cm³/mol. The summed E-state index contributed by atoms with van der Waals surface area (Å²) in [5, 5.41) is 14.3. The molecule has 4 rings (SSSR count). The number of ether oxygens (including phenoxy) is 1. The number of fused-ring (bicyclic) bond motifs is 1. The summed E-state index contributed by atoms with van der Waals surface area (Å²) in [5.41, 5.74) is 1.67. The number of nitrogens with zero attached hydrogens (tertiary/aromatic N) is 5. The van der Waals surface area contributed by atoms with Crippen molar-refractivity contribution in [2.75, 3.05) is 20.3 Å². The van der Waals surface area contributed by atoms with Gasteiger partial charge in [0.15, 0.2) is 0 Å². The Morgan fingerprint density at radius 2 is 2.00 bits per heavy atom. The summed E-state index contributed by atoms with van der Waals surface area (Å²) < 4.78 is 7.18. The minimum atomic E-state index is -0.525. The molecule has 148 valence electrons. The molecular weight excluding hydrogens is 360 g/mol. The molecule has 1 N–H and O–H groups in total. The van der Waals surface area contributed by atoms with Gasteiger partial charge in [0.2, 0.25) is 11.8 Å². The highest BCUT2D eigenvalue weighted by Gasteiger charge is 2.42. The van der Waals surface area contributed by atoms with E-state index < -0.39 is 11.6 Å². The van der Waals surface area contributed by atoms with Crippen molar-refractivity contribution in [3.05, 3.63) is 41.7 Å². The summed E-state index contributed by atoms with van der Waals surface area (Å²) in [4.78, 5) is 27.7. The van der Waals surface area contributed by atoms with E-state index in [0.29, 0.717) is 39.0 Å². The van der Waals surface area contributed by atoms with Crippen LogP contribution in [-0.4, -0.2) is 63.2 Å². The molecule has 0 aliphatic carbocycles. The van der Waals surface area contributed by atoms with E-state index in [2.05, 4.69) is 20.8 Å². The number of tetrazole rings is 1. The van der Waals surface area contributed by atoms with Gasteiger partial charge in [0.05, 0.1) is 12.0 Å². The van der Waals surface area contributed by atoms with Crippen molar-refractivity contribution in [1.82, 2.24) is 30.4 Å². The van der Waals surface area contributed by atoms with Crippen LogP contribution in [0.1, 0.15) is 30.4 Å². The van der Waals surface area contributed by atoms with Gasteiger partial charge in [-0.15, -0.1) is 5.10 Å². The highest BCUT2D eigenvalue weighted by molar-refractivity contribution is 5.88. The summed E-state index contributed by atoms with van der Waals surface area (Å²) in [6.45, 7) is 1.53. The number of hydrogen-bond acceptors (Lipinski definition) is 6. The minimum Gasteiger partial charge on any atom is -0.381 e. The first kappa shape index (κ1) is 18.5. The maximum atomic E-state index is 13.4. The van der Waals surface area contributed by atoms with Crippen molar-refractivity contribution >= 4 is 11.8 Å². The monoisotopic (exact) mass is 384 g/mol. The molecule has 0 radical (unpaired) electrons. The summed E-state index contributed by atoms with van der Waals surface area (Å²) in [6, 6.07) is 7.45. The number of benzene rings is 1. The number of carbonyl (C=O) groups is 2. The molecule has 1 saturated heterocycles. The predicted octanol–water partition coefficient (Wildman–Crippen LogP) is 0.268. The number of rotatable bonds is 4. The Hall–Kier alpha value is -2.81. The summed E-state index contributed by atoms with van der Waals surface area (Å²) in [5.74, 6) is -0.216. The van der Waals surface area contributed by atoms with Crippen LogP contribution in [0.25, 0.3) is 0 Å². The first-order chi connectivity index (χ1) is 13.6. The van der Waals surface area contributed by atoms with Crippen molar-refractivity contribution in [3.63, 3.8) is 0 Å². The highest BCUT2D eigenvalue weighted by atomic mass is 16.5. The van der Waals surface area contributed by atoms with Gasteiger partial charge in [-0.1, -0.05) is 24.3 Å². The summed E-state index contributed by atoms with van der Waals surface area (Å²) >= 11 is 0. The van der Waals surface area contributed by atoms with Crippen molar-refractivity contribution in [1.29, 1.82) is 0 Å². The molecular formula is C19H24N6O3. The van der Waals surface area contributed by atoms with Crippen molar-refractivity contribution in [3.8, 4) is 0 Å². The van der Waals surface area contributed by atoms with Crippen LogP contribution in [0.3, 0.4) is 0 Å². The van der Waals surface area contributed by atoms with E-state index in [9.17, 15) is 9.59 Å². The normalized spacial score (nSPS) is 21.0. The number of hydrogen-bond donors (Lipinski definition) is 1. The lowest BCUT2D eigenvalue weighted by Gasteiger charge is -2.40. The lowest BCUT2D eigenvalue weighted by molar-refractivity contribution is -0.144. The smallest absolute Gasteiger partial charge is 0.242 e. The Morgan fingerprint density at radius 3 is 2.68 bits per heavy atom. The molecule has 2 aliphatic rings.